The third-order valence-corrected chi connectivity index (χ3v) is 9.88. The predicted molar refractivity (Wildman–Crippen MR) is 178 cm³/mol. The molecule has 3 aromatic carbocycles. The zero-order chi connectivity index (χ0) is 31.7. The summed E-state index contributed by atoms with van der Waals surface area (Å²) in [7, 11) is -3.59. The highest BCUT2D eigenvalue weighted by Crippen LogP contribution is 2.26. The van der Waals surface area contributed by atoms with E-state index in [0.717, 1.165) is 47.9 Å². The van der Waals surface area contributed by atoms with Crippen molar-refractivity contribution in [3.05, 3.63) is 100 Å². The largest absolute Gasteiger partial charge is 0.352 e. The van der Waals surface area contributed by atoms with Crippen molar-refractivity contribution in [3.63, 3.8) is 0 Å². The normalized spacial score (nSPS) is 14.5. The van der Waals surface area contributed by atoms with Crippen molar-refractivity contribution < 1.29 is 18.0 Å². The van der Waals surface area contributed by atoms with Gasteiger partial charge in [-0.15, -0.1) is 0 Å². The maximum absolute atomic E-state index is 14.1. The summed E-state index contributed by atoms with van der Waals surface area (Å²) in [5.74, 6) is -0.372. The van der Waals surface area contributed by atoms with Gasteiger partial charge in [-0.1, -0.05) is 85.5 Å². The van der Waals surface area contributed by atoms with Gasteiger partial charge in [0.1, 0.15) is 6.04 Å². The molecule has 1 N–H and O–H groups in total. The Labute approximate surface area is 267 Å². The van der Waals surface area contributed by atoms with E-state index in [0.29, 0.717) is 23.6 Å². The first-order valence-electron chi connectivity index (χ1n) is 15.4. The highest BCUT2D eigenvalue weighted by atomic mass is 35.5. The molecule has 0 unspecified atom stereocenters. The molecule has 1 atom stereocenters. The average molecular weight is 638 g/mol. The number of rotatable bonds is 13. The fourth-order valence-corrected chi connectivity index (χ4v) is 7.15. The van der Waals surface area contributed by atoms with Crippen LogP contribution in [0.2, 0.25) is 5.02 Å². The smallest absolute Gasteiger partial charge is 0.243 e. The second kappa shape index (κ2) is 15.6. The summed E-state index contributed by atoms with van der Waals surface area (Å²) in [5.41, 5.74) is 4.27. The number of nitrogens with one attached hydrogen (secondary N) is 1. The van der Waals surface area contributed by atoms with Gasteiger partial charge < -0.3 is 10.2 Å². The molecule has 0 aliphatic heterocycles. The number of hydrogen-bond donors (Lipinski definition) is 1. The Morgan fingerprint density at radius 1 is 0.932 bits per heavy atom. The monoisotopic (exact) mass is 637 g/mol. The third-order valence-electron chi connectivity index (χ3n) is 8.46. The molecule has 0 heterocycles. The van der Waals surface area contributed by atoms with Crippen molar-refractivity contribution >= 4 is 39.1 Å². The van der Waals surface area contributed by atoms with Gasteiger partial charge in [0.25, 0.3) is 0 Å². The van der Waals surface area contributed by atoms with Crippen molar-refractivity contribution in [2.45, 2.75) is 83.8 Å². The van der Waals surface area contributed by atoms with Crippen LogP contribution in [0.4, 0.5) is 5.69 Å². The molecule has 4 rings (SSSR count). The SMILES string of the molecule is Cc1cccc(N(CCCC(=O)N(Cc2cccc(Cl)c2)[C@H](Cc2ccccc2)C(=O)NC2CCCCC2)S(C)(=O)=O)c1C. The van der Waals surface area contributed by atoms with Crippen LogP contribution in [0, 0.1) is 13.8 Å². The van der Waals surface area contributed by atoms with Crippen LogP contribution in [0.5, 0.6) is 0 Å². The van der Waals surface area contributed by atoms with E-state index in [1.54, 1.807) is 17.0 Å². The quantitative estimate of drug-likeness (QED) is 0.229. The minimum atomic E-state index is -3.59. The summed E-state index contributed by atoms with van der Waals surface area (Å²) in [6.45, 7) is 4.21. The lowest BCUT2D eigenvalue weighted by Crippen LogP contribution is -2.52. The van der Waals surface area contributed by atoms with Crippen LogP contribution in [0.25, 0.3) is 0 Å². The van der Waals surface area contributed by atoms with Crippen molar-refractivity contribution in [1.29, 1.82) is 0 Å². The fraction of sp³-hybridized carbons (Fsp3) is 0.429. The number of amides is 2. The maximum atomic E-state index is 14.1. The number of halogens is 1. The van der Waals surface area contributed by atoms with E-state index in [1.807, 2.05) is 74.5 Å². The summed E-state index contributed by atoms with van der Waals surface area (Å²) in [6.07, 6.45) is 7.14. The molecule has 1 aliphatic carbocycles. The standard InChI is InChI=1S/C35H44ClN3O4S/c1-26-13-10-20-32(27(26)2)39(44(3,42)43)22-12-21-34(40)38(25-29-16-11-17-30(36)23-29)33(24-28-14-6-4-7-15-28)35(41)37-31-18-8-5-9-19-31/h4,6-7,10-11,13-17,20,23,31,33H,5,8-9,12,18-19,21-22,24-25H2,1-3H3,(H,37,41)/t33-/m1/s1. The fourth-order valence-electron chi connectivity index (χ4n) is 5.92. The van der Waals surface area contributed by atoms with Crippen LogP contribution < -0.4 is 9.62 Å². The number of carbonyl (C=O) groups is 2. The summed E-state index contributed by atoms with van der Waals surface area (Å²) >= 11 is 6.31. The van der Waals surface area contributed by atoms with Gasteiger partial charge in [-0.05, 0) is 73.6 Å². The average Bonchev–Trinajstić information content (AvgIpc) is 2.99. The molecule has 44 heavy (non-hydrogen) atoms. The molecular formula is C35H44ClN3O4S. The van der Waals surface area contributed by atoms with E-state index in [2.05, 4.69) is 5.32 Å². The topological polar surface area (TPSA) is 86.8 Å². The van der Waals surface area contributed by atoms with Gasteiger partial charge in [-0.25, -0.2) is 8.42 Å². The lowest BCUT2D eigenvalue weighted by molar-refractivity contribution is -0.141. The summed E-state index contributed by atoms with van der Waals surface area (Å²) in [4.78, 5) is 29.7. The Hall–Kier alpha value is -3.36. The van der Waals surface area contributed by atoms with Crippen LogP contribution in [0.3, 0.4) is 0 Å². The molecule has 1 fully saturated rings. The first-order chi connectivity index (χ1) is 21.0. The second-order valence-electron chi connectivity index (χ2n) is 11.9. The molecule has 7 nitrogen and oxygen atoms in total. The molecule has 0 spiro atoms. The Kier molecular flexibility index (Phi) is 11.9. The Balaban J connectivity index is 1.60. The summed E-state index contributed by atoms with van der Waals surface area (Å²) in [6, 6.07) is 22.0. The molecule has 236 valence electrons. The van der Waals surface area contributed by atoms with Crippen LogP contribution in [-0.4, -0.2) is 50.0 Å². The molecule has 0 bridgehead atoms. The van der Waals surface area contributed by atoms with Gasteiger partial charge in [-0.3, -0.25) is 13.9 Å². The minimum absolute atomic E-state index is 0.0828. The molecule has 1 saturated carbocycles. The maximum Gasteiger partial charge on any atom is 0.243 e. The van der Waals surface area contributed by atoms with Crippen LogP contribution >= 0.6 is 11.6 Å². The van der Waals surface area contributed by atoms with Crippen LogP contribution in [-0.2, 0) is 32.6 Å². The predicted octanol–water partition coefficient (Wildman–Crippen LogP) is 6.59. The lowest BCUT2D eigenvalue weighted by atomic mass is 9.94. The number of sulfonamides is 1. The number of nitrogens with zero attached hydrogens (tertiary/aromatic N) is 2. The number of hydrogen-bond acceptors (Lipinski definition) is 4. The highest BCUT2D eigenvalue weighted by molar-refractivity contribution is 7.92. The van der Waals surface area contributed by atoms with Crippen molar-refractivity contribution in [2.24, 2.45) is 0 Å². The van der Waals surface area contributed by atoms with Crippen molar-refractivity contribution in [2.75, 3.05) is 17.1 Å². The van der Waals surface area contributed by atoms with Crippen molar-refractivity contribution in [1.82, 2.24) is 10.2 Å². The molecule has 0 radical (unpaired) electrons. The van der Waals surface area contributed by atoms with E-state index in [-0.39, 0.29) is 37.4 Å². The molecule has 0 aromatic heterocycles. The number of aryl methyl sites for hydroxylation is 1. The minimum Gasteiger partial charge on any atom is -0.352 e. The Bertz CT molecular complexity index is 1520. The molecule has 2 amide bonds. The molecule has 0 saturated heterocycles. The summed E-state index contributed by atoms with van der Waals surface area (Å²) in [5, 5.41) is 3.81. The van der Waals surface area contributed by atoms with Gasteiger partial charge in [0, 0.05) is 37.0 Å². The summed E-state index contributed by atoms with van der Waals surface area (Å²) < 4.78 is 27.0. The van der Waals surface area contributed by atoms with Crippen LogP contribution in [0.15, 0.2) is 72.8 Å². The Morgan fingerprint density at radius 2 is 1.61 bits per heavy atom. The van der Waals surface area contributed by atoms with E-state index in [9.17, 15) is 18.0 Å². The van der Waals surface area contributed by atoms with E-state index in [1.165, 1.54) is 17.0 Å². The van der Waals surface area contributed by atoms with Crippen LogP contribution in [0.1, 0.15) is 67.2 Å². The highest BCUT2D eigenvalue weighted by Gasteiger charge is 2.32. The van der Waals surface area contributed by atoms with Crippen molar-refractivity contribution in [3.8, 4) is 0 Å². The van der Waals surface area contributed by atoms with E-state index >= 15 is 0 Å². The van der Waals surface area contributed by atoms with Gasteiger partial charge >= 0.3 is 0 Å². The third kappa shape index (κ3) is 9.32. The number of anilines is 1. The Morgan fingerprint density at radius 3 is 2.30 bits per heavy atom. The van der Waals surface area contributed by atoms with Gasteiger partial charge in [0.2, 0.25) is 21.8 Å². The first kappa shape index (κ1) is 33.5. The molecule has 3 aromatic rings. The number of benzene rings is 3. The van der Waals surface area contributed by atoms with E-state index < -0.39 is 16.1 Å². The molecular weight excluding hydrogens is 594 g/mol. The molecule has 9 heteroatoms. The van der Waals surface area contributed by atoms with E-state index in [4.69, 9.17) is 11.6 Å². The van der Waals surface area contributed by atoms with Gasteiger partial charge in [0.15, 0.2) is 0 Å². The zero-order valence-electron chi connectivity index (χ0n) is 26.0. The van der Waals surface area contributed by atoms with Gasteiger partial charge in [-0.2, -0.15) is 0 Å². The second-order valence-corrected chi connectivity index (χ2v) is 14.2. The molecule has 1 aliphatic rings. The first-order valence-corrected chi connectivity index (χ1v) is 17.7. The number of carbonyl (C=O) groups excluding carboxylic acids is 2. The lowest BCUT2D eigenvalue weighted by Gasteiger charge is -2.34. The van der Waals surface area contributed by atoms with Gasteiger partial charge in [0.05, 0.1) is 11.9 Å². The zero-order valence-corrected chi connectivity index (χ0v) is 27.5.